The number of nitrogens with zero attached hydrogens (tertiary/aromatic N) is 3. The number of aliphatic imine (C=N–C) groups is 1. The van der Waals surface area contributed by atoms with Crippen molar-refractivity contribution in [2.75, 3.05) is 11.9 Å². The van der Waals surface area contributed by atoms with Crippen molar-refractivity contribution in [3.8, 4) is 0 Å². The molecule has 5 atom stereocenters. The second-order valence-corrected chi connectivity index (χ2v) is 7.30. The number of ether oxygens (including phenoxy) is 4. The fraction of sp³-hybridized carbons (Fsp3) is 0.474. The molecule has 15 nitrogen and oxygen atoms in total. The molecule has 0 radical (unpaired) electrons. The van der Waals surface area contributed by atoms with Gasteiger partial charge in [0.25, 0.3) is 11.4 Å². The first-order valence-corrected chi connectivity index (χ1v) is 10.2. The van der Waals surface area contributed by atoms with E-state index in [4.69, 9.17) is 18.9 Å². The molecular weight excluding hydrogens is 492 g/mol. The Bertz CT molecular complexity index is 1070. The van der Waals surface area contributed by atoms with E-state index >= 15 is 0 Å². The summed E-state index contributed by atoms with van der Waals surface area (Å²) < 4.78 is 21.4. The largest absolute Gasteiger partial charge is 0.463 e. The van der Waals surface area contributed by atoms with E-state index in [1.165, 1.54) is 0 Å². The van der Waals surface area contributed by atoms with Gasteiger partial charge < -0.3 is 24.3 Å². The quantitative estimate of drug-likeness (QED) is 0.125. The number of rotatable bonds is 9. The maximum Gasteiger partial charge on any atom is 0.303 e. The molecular formula is C19H20N4O11S. The van der Waals surface area contributed by atoms with Crippen LogP contribution in [0, 0.1) is 20.2 Å². The third-order valence-corrected chi connectivity index (χ3v) is 4.72. The van der Waals surface area contributed by atoms with Gasteiger partial charge in [0.2, 0.25) is 0 Å². The molecule has 1 aliphatic rings. The minimum Gasteiger partial charge on any atom is -0.463 e. The van der Waals surface area contributed by atoms with Gasteiger partial charge in [-0.05, 0) is 18.3 Å². The molecule has 1 heterocycles. The summed E-state index contributed by atoms with van der Waals surface area (Å²) >= 11 is 4.65. The lowest BCUT2D eigenvalue weighted by Crippen LogP contribution is -2.63. The minimum atomic E-state index is -1.38. The zero-order valence-corrected chi connectivity index (χ0v) is 19.4. The summed E-state index contributed by atoms with van der Waals surface area (Å²) in [6, 6.07) is 1.57. The maximum absolute atomic E-state index is 11.9. The molecule has 16 heteroatoms. The molecule has 0 amide bonds. The van der Waals surface area contributed by atoms with Crippen molar-refractivity contribution in [1.82, 2.24) is 0 Å². The van der Waals surface area contributed by atoms with Crippen LogP contribution in [0.25, 0.3) is 0 Å². The average Bonchev–Trinajstić information content (AvgIpc) is 2.75. The van der Waals surface area contributed by atoms with E-state index in [9.17, 15) is 34.6 Å². The van der Waals surface area contributed by atoms with Crippen LogP contribution in [0.1, 0.15) is 20.8 Å². The van der Waals surface area contributed by atoms with Crippen LogP contribution in [0.5, 0.6) is 0 Å². The van der Waals surface area contributed by atoms with Crippen molar-refractivity contribution in [2.45, 2.75) is 51.4 Å². The molecule has 0 bridgehead atoms. The normalized spacial score (nSPS) is 23.2. The molecule has 1 fully saturated rings. The highest BCUT2D eigenvalue weighted by molar-refractivity contribution is 7.78. The number of benzene rings is 1. The molecule has 0 saturated carbocycles. The molecule has 1 aromatic rings. The molecule has 1 saturated heterocycles. The Labute approximate surface area is 202 Å². The van der Waals surface area contributed by atoms with Crippen LogP contribution in [0.4, 0.5) is 17.1 Å². The fourth-order valence-corrected chi connectivity index (χ4v) is 3.43. The highest BCUT2D eigenvalue weighted by atomic mass is 32.1. The van der Waals surface area contributed by atoms with Gasteiger partial charge in [0.05, 0.1) is 21.1 Å². The van der Waals surface area contributed by atoms with E-state index in [0.29, 0.717) is 0 Å². The molecule has 0 aliphatic carbocycles. The number of carbonyl (C=O) groups excluding carboxylic acids is 3. The molecule has 2 rings (SSSR count). The van der Waals surface area contributed by atoms with Crippen LogP contribution in [-0.2, 0) is 33.3 Å². The number of thiocarbonyl (C=S) groups is 1. The number of anilines is 1. The second-order valence-electron chi connectivity index (χ2n) is 7.12. The zero-order valence-electron chi connectivity index (χ0n) is 18.6. The molecule has 0 aromatic heterocycles. The van der Waals surface area contributed by atoms with Crippen LogP contribution in [-0.4, -0.2) is 70.1 Å². The van der Waals surface area contributed by atoms with Crippen molar-refractivity contribution < 1.29 is 43.2 Å². The lowest BCUT2D eigenvalue weighted by atomic mass is 9.95. The van der Waals surface area contributed by atoms with Crippen LogP contribution < -0.4 is 5.32 Å². The molecule has 1 aromatic carbocycles. The summed E-state index contributed by atoms with van der Waals surface area (Å²) in [5.74, 6) is -2.27. The maximum atomic E-state index is 11.9. The number of nitro groups is 2. The van der Waals surface area contributed by atoms with Crippen molar-refractivity contribution in [2.24, 2.45) is 4.99 Å². The first kappa shape index (κ1) is 27.2. The number of non-ortho nitro benzene ring substituents is 1. The lowest BCUT2D eigenvalue weighted by molar-refractivity contribution is -0.393. The Kier molecular flexibility index (Phi) is 9.27. The predicted octanol–water partition coefficient (Wildman–Crippen LogP) is 1.54. The number of esters is 3. The van der Waals surface area contributed by atoms with Crippen LogP contribution in [0.3, 0.4) is 0 Å². The van der Waals surface area contributed by atoms with Crippen LogP contribution >= 0.6 is 12.2 Å². The zero-order chi connectivity index (χ0) is 26.3. The fourth-order valence-electron chi connectivity index (χ4n) is 3.32. The van der Waals surface area contributed by atoms with Gasteiger partial charge in [0, 0.05) is 26.8 Å². The Morgan fingerprint density at radius 3 is 2.23 bits per heavy atom. The predicted molar refractivity (Wildman–Crippen MR) is 119 cm³/mol. The summed E-state index contributed by atoms with van der Waals surface area (Å²) in [6.45, 7) is 2.87. The Morgan fingerprint density at radius 1 is 1.09 bits per heavy atom. The van der Waals surface area contributed by atoms with Crippen LogP contribution in [0.15, 0.2) is 23.2 Å². The van der Waals surface area contributed by atoms with Crippen molar-refractivity contribution >= 4 is 52.3 Å². The molecule has 1 aliphatic heterocycles. The number of hydrogen-bond acceptors (Lipinski definition) is 14. The monoisotopic (exact) mass is 512 g/mol. The number of nitrogens with one attached hydrogen (secondary N) is 1. The van der Waals surface area contributed by atoms with Gasteiger partial charge in [-0.25, -0.2) is 0 Å². The second kappa shape index (κ2) is 11.9. The molecule has 35 heavy (non-hydrogen) atoms. The molecule has 0 spiro atoms. The van der Waals surface area contributed by atoms with Gasteiger partial charge in [-0.1, -0.05) is 0 Å². The number of carbonyl (C=O) groups is 3. The van der Waals surface area contributed by atoms with E-state index in [-0.39, 0.29) is 5.69 Å². The summed E-state index contributed by atoms with van der Waals surface area (Å²) in [5.41, 5.74) is -1.42. The van der Waals surface area contributed by atoms with Gasteiger partial charge in [-0.15, -0.1) is 0 Å². The molecule has 188 valence electrons. The van der Waals surface area contributed by atoms with E-state index < -0.39 is 76.3 Å². The SMILES string of the molecule is CC(=O)OC[C@@H]1O[C@H](N=C=S)[C@@H](Nc2ccc([N+](=O)[O-])cc2[N+](=O)[O-])[C@H](OC(C)=O)[C@H]1OC(C)=O. The van der Waals surface area contributed by atoms with E-state index in [2.05, 4.69) is 27.7 Å². The number of nitro benzene ring substituents is 2. The molecule has 1 N–H and O–H groups in total. The lowest BCUT2D eigenvalue weighted by Gasteiger charge is -2.43. The van der Waals surface area contributed by atoms with Gasteiger partial charge in [-0.2, -0.15) is 4.99 Å². The first-order chi connectivity index (χ1) is 16.4. The topological polar surface area (TPSA) is 199 Å². The summed E-state index contributed by atoms with van der Waals surface area (Å²) in [5, 5.41) is 27.4. The third kappa shape index (κ3) is 7.23. The Hall–Kier alpha value is -4.01. The standard InChI is InChI=1S/C19H20N4O11S/c1-9(24)31-7-15-17(32-10(2)25)18(33-11(3)26)16(19(34-15)20-8-35)21-13-5-4-12(22(27)28)6-14(13)23(29)30/h4-6,15-19,21H,7H2,1-3H3/t15-,16-,17-,18-,19-/m0/s1. The van der Waals surface area contributed by atoms with Gasteiger partial charge in [0.1, 0.15) is 24.4 Å². The van der Waals surface area contributed by atoms with E-state index in [1.807, 2.05) is 0 Å². The smallest absolute Gasteiger partial charge is 0.303 e. The summed E-state index contributed by atoms with van der Waals surface area (Å²) in [7, 11) is 0. The summed E-state index contributed by atoms with van der Waals surface area (Å²) in [6.07, 6.45) is -5.22. The third-order valence-electron chi connectivity index (χ3n) is 4.61. The van der Waals surface area contributed by atoms with Crippen molar-refractivity contribution in [3.05, 3.63) is 38.4 Å². The first-order valence-electron chi connectivity index (χ1n) is 9.84. The van der Waals surface area contributed by atoms with Crippen LogP contribution in [0.2, 0.25) is 0 Å². The average molecular weight is 512 g/mol. The van der Waals surface area contributed by atoms with Gasteiger partial charge in [-0.3, -0.25) is 34.6 Å². The van der Waals surface area contributed by atoms with Gasteiger partial charge >= 0.3 is 17.9 Å². The highest BCUT2D eigenvalue weighted by Crippen LogP contribution is 2.34. The highest BCUT2D eigenvalue weighted by Gasteiger charge is 2.51. The minimum absolute atomic E-state index is 0.212. The van der Waals surface area contributed by atoms with Gasteiger partial charge in [0.15, 0.2) is 18.4 Å². The number of isothiocyanates is 1. The summed E-state index contributed by atoms with van der Waals surface area (Å²) in [4.78, 5) is 59.8. The van der Waals surface area contributed by atoms with Crippen molar-refractivity contribution in [1.29, 1.82) is 0 Å². The van der Waals surface area contributed by atoms with E-state index in [1.54, 1.807) is 0 Å². The Morgan fingerprint density at radius 2 is 1.71 bits per heavy atom. The van der Waals surface area contributed by atoms with E-state index in [0.717, 1.165) is 39.0 Å². The Balaban J connectivity index is 2.58. The van der Waals surface area contributed by atoms with Crippen molar-refractivity contribution in [3.63, 3.8) is 0 Å². The molecule has 0 unspecified atom stereocenters. The number of hydrogen-bond donors (Lipinski definition) is 1.